The topological polar surface area (TPSA) is 154 Å². The number of nitrogens with two attached hydrogens (primary N) is 1. The number of carbonyl (C=O) groups excluding carboxylic acids is 1. The molecule has 1 atom stereocenters. The van der Waals surface area contributed by atoms with Crippen molar-refractivity contribution in [3.8, 4) is 5.75 Å². The summed E-state index contributed by atoms with van der Waals surface area (Å²) >= 11 is 0. The largest absolute Gasteiger partial charge is 0.489 e. The molecule has 1 amide bonds. The first-order valence-electron chi connectivity index (χ1n) is 9.93. The zero-order chi connectivity index (χ0) is 22.9. The lowest BCUT2D eigenvalue weighted by molar-refractivity contribution is -0.384. The monoisotopic (exact) mass is 462 g/mol. The third-order valence-corrected chi connectivity index (χ3v) is 7.17. The number of rotatable bonds is 6. The lowest BCUT2D eigenvalue weighted by atomic mass is 10.1. The Morgan fingerprint density at radius 1 is 1.25 bits per heavy atom. The van der Waals surface area contributed by atoms with Gasteiger partial charge in [-0.2, -0.15) is 0 Å². The Balaban J connectivity index is 1.70. The van der Waals surface area contributed by atoms with Crippen molar-refractivity contribution >= 4 is 27.1 Å². The van der Waals surface area contributed by atoms with Crippen molar-refractivity contribution in [2.45, 2.75) is 15.8 Å². The highest BCUT2D eigenvalue weighted by Gasteiger charge is 2.33. The number of nitrogens with one attached hydrogen (secondary N) is 1. The van der Waals surface area contributed by atoms with Gasteiger partial charge in [-0.25, -0.2) is 8.42 Å². The van der Waals surface area contributed by atoms with Gasteiger partial charge in [0.2, 0.25) is 15.7 Å². The van der Waals surface area contributed by atoms with Crippen LogP contribution in [0.2, 0.25) is 0 Å². The molecule has 4 rings (SSSR count). The molecule has 1 fully saturated rings. The number of sulfone groups is 1. The van der Waals surface area contributed by atoms with Gasteiger partial charge in [0, 0.05) is 31.8 Å². The minimum Gasteiger partial charge on any atom is -0.489 e. The van der Waals surface area contributed by atoms with Crippen LogP contribution in [0, 0.1) is 10.1 Å². The van der Waals surface area contributed by atoms with Crippen molar-refractivity contribution in [2.24, 2.45) is 5.73 Å². The maximum atomic E-state index is 13.2. The summed E-state index contributed by atoms with van der Waals surface area (Å²) < 4.78 is 37.5. The van der Waals surface area contributed by atoms with Crippen LogP contribution in [0.15, 0.2) is 46.2 Å². The number of carbonyl (C=O) groups is 1. The van der Waals surface area contributed by atoms with Crippen LogP contribution >= 0.6 is 0 Å². The molecule has 2 heterocycles. The Morgan fingerprint density at radius 2 is 1.97 bits per heavy atom. The number of ether oxygens (including phenoxy) is 2. The first-order valence-corrected chi connectivity index (χ1v) is 11.4. The summed E-state index contributed by atoms with van der Waals surface area (Å²) in [5.41, 5.74) is 4.82. The molecule has 2 aromatic rings. The van der Waals surface area contributed by atoms with Gasteiger partial charge in [-0.1, -0.05) is 12.1 Å². The van der Waals surface area contributed by atoms with Gasteiger partial charge in [0.25, 0.3) is 5.69 Å². The molecular formula is C20H22N4O7S. The second-order valence-corrected chi connectivity index (χ2v) is 9.42. The lowest BCUT2D eigenvalue weighted by Gasteiger charge is -2.33. The van der Waals surface area contributed by atoms with Crippen molar-refractivity contribution < 1.29 is 27.6 Å². The number of benzene rings is 2. The third kappa shape index (κ3) is 4.24. The minimum atomic E-state index is -4.28. The molecule has 0 aliphatic carbocycles. The number of amides is 1. The summed E-state index contributed by atoms with van der Waals surface area (Å²) in [6, 6.07) is 7.44. The molecule has 1 saturated heterocycles. The van der Waals surface area contributed by atoms with E-state index in [-0.39, 0.29) is 39.4 Å². The summed E-state index contributed by atoms with van der Waals surface area (Å²) in [6.07, 6.45) is 0. The summed E-state index contributed by atoms with van der Waals surface area (Å²) in [7, 11) is -4.28. The smallest absolute Gasteiger partial charge is 0.297 e. The Bertz CT molecular complexity index is 1160. The summed E-state index contributed by atoms with van der Waals surface area (Å²) in [6.45, 7) is 3.57. The second kappa shape index (κ2) is 8.73. The van der Waals surface area contributed by atoms with Crippen LogP contribution in [0.5, 0.6) is 5.75 Å². The van der Waals surface area contributed by atoms with Crippen LogP contribution in [0.1, 0.15) is 10.4 Å². The van der Waals surface area contributed by atoms with Gasteiger partial charge in [-0.15, -0.1) is 0 Å². The highest BCUT2D eigenvalue weighted by molar-refractivity contribution is 7.91. The molecule has 0 radical (unpaired) electrons. The Hall–Kier alpha value is -3.22. The molecule has 2 aliphatic heterocycles. The number of nitro groups is 1. The van der Waals surface area contributed by atoms with E-state index in [0.717, 1.165) is 19.2 Å². The Labute approximate surface area is 184 Å². The molecule has 2 aromatic carbocycles. The van der Waals surface area contributed by atoms with Gasteiger partial charge in [0.05, 0.1) is 39.5 Å². The molecule has 3 N–H and O–H groups in total. The molecule has 32 heavy (non-hydrogen) atoms. The fourth-order valence-corrected chi connectivity index (χ4v) is 5.29. The van der Waals surface area contributed by atoms with Crippen LogP contribution in [0.25, 0.3) is 0 Å². The van der Waals surface area contributed by atoms with E-state index in [9.17, 15) is 23.3 Å². The molecule has 170 valence electrons. The second-order valence-electron chi connectivity index (χ2n) is 7.50. The number of hydrogen-bond acceptors (Lipinski definition) is 9. The normalized spacial score (nSPS) is 18.8. The van der Waals surface area contributed by atoms with Crippen molar-refractivity contribution in [3.05, 3.63) is 52.1 Å². The minimum absolute atomic E-state index is 0.0626. The van der Waals surface area contributed by atoms with Gasteiger partial charge in [-0.3, -0.25) is 19.8 Å². The predicted molar refractivity (Wildman–Crippen MR) is 114 cm³/mol. The molecule has 12 heteroatoms. The molecule has 0 bridgehead atoms. The standard InChI is InChI=1S/C20H22N4O7S/c21-20(25)15-3-1-2-4-18(15)32(28,29)14-9-16(24(26)27)19-17(10-14)31-12-13(22-19)11-23-5-7-30-8-6-23/h1-4,9-10,13,22H,5-8,11-12H2,(H2,21,25)/t13-/m1/s1. The van der Waals surface area contributed by atoms with E-state index in [1.807, 2.05) is 0 Å². The molecule has 2 aliphatic rings. The number of anilines is 1. The van der Waals surface area contributed by atoms with Crippen LogP contribution in [0.4, 0.5) is 11.4 Å². The van der Waals surface area contributed by atoms with E-state index in [1.165, 1.54) is 30.3 Å². The van der Waals surface area contributed by atoms with E-state index in [4.69, 9.17) is 15.2 Å². The number of hydrogen-bond donors (Lipinski definition) is 2. The quantitative estimate of drug-likeness (QED) is 0.473. The SMILES string of the molecule is NC(=O)c1ccccc1S(=O)(=O)c1cc2c(c([N+](=O)[O-])c1)N[C@H](CN1CCOCC1)CO2. The van der Waals surface area contributed by atoms with Crippen LogP contribution in [-0.4, -0.2) is 69.6 Å². The third-order valence-electron chi connectivity index (χ3n) is 5.37. The van der Waals surface area contributed by atoms with E-state index in [2.05, 4.69) is 10.2 Å². The van der Waals surface area contributed by atoms with E-state index in [0.29, 0.717) is 19.8 Å². The highest BCUT2D eigenvalue weighted by atomic mass is 32.2. The molecule has 0 saturated carbocycles. The van der Waals surface area contributed by atoms with Crippen molar-refractivity contribution in [3.63, 3.8) is 0 Å². The van der Waals surface area contributed by atoms with E-state index < -0.39 is 26.4 Å². The predicted octanol–water partition coefficient (Wildman–Crippen LogP) is 1.03. The van der Waals surface area contributed by atoms with Crippen LogP contribution in [0.3, 0.4) is 0 Å². The van der Waals surface area contributed by atoms with Gasteiger partial charge in [-0.05, 0) is 12.1 Å². The Kier molecular flexibility index (Phi) is 6.00. The highest BCUT2D eigenvalue weighted by Crippen LogP contribution is 2.41. The summed E-state index contributed by atoms with van der Waals surface area (Å²) in [5.74, 6) is -0.854. The van der Waals surface area contributed by atoms with E-state index >= 15 is 0 Å². The zero-order valence-corrected chi connectivity index (χ0v) is 17.8. The lowest BCUT2D eigenvalue weighted by Crippen LogP contribution is -2.46. The van der Waals surface area contributed by atoms with Crippen molar-refractivity contribution in [1.82, 2.24) is 4.90 Å². The number of morpholine rings is 1. The molecular weight excluding hydrogens is 440 g/mol. The maximum Gasteiger partial charge on any atom is 0.297 e. The number of nitrogens with zero attached hydrogens (tertiary/aromatic N) is 2. The summed E-state index contributed by atoms with van der Waals surface area (Å²) in [5, 5.41) is 14.9. The van der Waals surface area contributed by atoms with E-state index in [1.54, 1.807) is 0 Å². The molecule has 11 nitrogen and oxygen atoms in total. The van der Waals surface area contributed by atoms with Gasteiger partial charge < -0.3 is 20.5 Å². The van der Waals surface area contributed by atoms with Crippen molar-refractivity contribution in [1.29, 1.82) is 0 Å². The average Bonchev–Trinajstić information content (AvgIpc) is 2.78. The number of nitro benzene ring substituents is 1. The van der Waals surface area contributed by atoms with Crippen LogP contribution < -0.4 is 15.8 Å². The first kappa shape index (κ1) is 22.0. The Morgan fingerprint density at radius 3 is 2.66 bits per heavy atom. The number of primary amides is 1. The van der Waals surface area contributed by atoms with Gasteiger partial charge in [0.15, 0.2) is 11.4 Å². The fraction of sp³-hybridized carbons (Fsp3) is 0.350. The van der Waals surface area contributed by atoms with Crippen LogP contribution in [-0.2, 0) is 14.6 Å². The maximum absolute atomic E-state index is 13.2. The number of fused-ring (bicyclic) bond motifs is 1. The fourth-order valence-electron chi connectivity index (χ4n) is 3.80. The molecule has 0 spiro atoms. The summed E-state index contributed by atoms with van der Waals surface area (Å²) in [4.78, 5) is 24.3. The molecule has 0 aromatic heterocycles. The first-order chi connectivity index (χ1) is 15.3. The zero-order valence-electron chi connectivity index (χ0n) is 17.0. The van der Waals surface area contributed by atoms with Gasteiger partial charge >= 0.3 is 0 Å². The van der Waals surface area contributed by atoms with Gasteiger partial charge in [0.1, 0.15) is 6.61 Å². The molecule has 0 unspecified atom stereocenters. The average molecular weight is 462 g/mol. The van der Waals surface area contributed by atoms with Crippen molar-refractivity contribution in [2.75, 3.05) is 44.8 Å².